The number of pyridine rings is 1. The van der Waals surface area contributed by atoms with Crippen LogP contribution in [0.4, 0.5) is 17.1 Å². The summed E-state index contributed by atoms with van der Waals surface area (Å²) in [6.45, 7) is 1.34. The maximum atomic E-state index is 11.1. The number of hydrogen-bond acceptors (Lipinski definition) is 5. The van der Waals surface area contributed by atoms with Crippen molar-refractivity contribution in [3.05, 3.63) is 34.5 Å². The number of amides is 1. The van der Waals surface area contributed by atoms with Crippen LogP contribution < -0.4 is 11.1 Å². The summed E-state index contributed by atoms with van der Waals surface area (Å²) in [4.78, 5) is 25.5. The fourth-order valence-electron chi connectivity index (χ4n) is 1.75. The molecule has 0 spiro atoms. The second-order valence-corrected chi connectivity index (χ2v) is 3.70. The number of benzene rings is 1. The fraction of sp³-hybridized carbons (Fsp3) is 0.0909. The van der Waals surface area contributed by atoms with Gasteiger partial charge in [0.1, 0.15) is 11.2 Å². The van der Waals surface area contributed by atoms with E-state index in [1.807, 2.05) is 0 Å². The molecule has 0 atom stereocenters. The maximum absolute atomic E-state index is 11.1. The van der Waals surface area contributed by atoms with Gasteiger partial charge in [0.25, 0.3) is 0 Å². The summed E-state index contributed by atoms with van der Waals surface area (Å²) in [5.41, 5.74) is 6.14. The maximum Gasteiger partial charge on any atom is 0.301 e. The van der Waals surface area contributed by atoms with Crippen LogP contribution in [0.15, 0.2) is 24.4 Å². The molecule has 1 heterocycles. The first-order valence-corrected chi connectivity index (χ1v) is 5.10. The van der Waals surface area contributed by atoms with Gasteiger partial charge in [0.05, 0.1) is 16.0 Å². The highest BCUT2D eigenvalue weighted by Gasteiger charge is 2.20. The third-order valence-electron chi connectivity index (χ3n) is 2.38. The van der Waals surface area contributed by atoms with E-state index in [0.717, 1.165) is 0 Å². The Hall–Kier alpha value is -2.70. The predicted octanol–water partition coefficient (Wildman–Crippen LogP) is 1.68. The van der Waals surface area contributed by atoms with Crippen LogP contribution in [0.3, 0.4) is 0 Å². The minimum absolute atomic E-state index is 0.00995. The summed E-state index contributed by atoms with van der Waals surface area (Å²) in [5.74, 6) is -0.296. The standard InChI is InChI=1S/C11H10N4O3/c1-6(16)14-9-5-8(12)11(15(17)18)7-3-2-4-13-10(7)9/h2-5H,12H2,1H3,(H,14,16). The molecule has 0 unspecified atom stereocenters. The van der Waals surface area contributed by atoms with Gasteiger partial charge in [-0.05, 0) is 18.2 Å². The molecular formula is C11H10N4O3. The lowest BCUT2D eigenvalue weighted by Gasteiger charge is -2.08. The van der Waals surface area contributed by atoms with Crippen molar-refractivity contribution in [2.75, 3.05) is 11.1 Å². The van der Waals surface area contributed by atoms with Crippen molar-refractivity contribution in [3.8, 4) is 0 Å². The average Bonchev–Trinajstić information content (AvgIpc) is 2.27. The van der Waals surface area contributed by atoms with Crippen molar-refractivity contribution in [2.45, 2.75) is 6.92 Å². The number of nitro benzene ring substituents is 1. The summed E-state index contributed by atoms with van der Waals surface area (Å²) in [5, 5.41) is 13.8. The Morgan fingerprint density at radius 2 is 2.28 bits per heavy atom. The molecule has 0 saturated heterocycles. The second-order valence-electron chi connectivity index (χ2n) is 3.70. The number of nitrogens with one attached hydrogen (secondary N) is 1. The van der Waals surface area contributed by atoms with E-state index in [-0.39, 0.29) is 17.3 Å². The summed E-state index contributed by atoms with van der Waals surface area (Å²) in [6, 6.07) is 4.46. The van der Waals surface area contributed by atoms with E-state index in [2.05, 4.69) is 10.3 Å². The van der Waals surface area contributed by atoms with E-state index in [1.165, 1.54) is 19.2 Å². The first-order valence-electron chi connectivity index (χ1n) is 5.10. The number of carbonyl (C=O) groups is 1. The molecule has 0 aliphatic rings. The zero-order valence-electron chi connectivity index (χ0n) is 9.51. The highest BCUT2D eigenvalue weighted by molar-refractivity contribution is 6.06. The van der Waals surface area contributed by atoms with Crippen molar-refractivity contribution in [3.63, 3.8) is 0 Å². The van der Waals surface area contributed by atoms with Crippen molar-refractivity contribution in [1.29, 1.82) is 0 Å². The lowest BCUT2D eigenvalue weighted by Crippen LogP contribution is -2.08. The summed E-state index contributed by atoms with van der Waals surface area (Å²) in [7, 11) is 0. The molecule has 0 aliphatic heterocycles. The number of nitrogens with zero attached hydrogens (tertiary/aromatic N) is 2. The molecule has 2 rings (SSSR count). The van der Waals surface area contributed by atoms with Gasteiger partial charge in [0, 0.05) is 13.1 Å². The van der Waals surface area contributed by atoms with Crippen LogP contribution in [0, 0.1) is 10.1 Å². The Kier molecular flexibility index (Phi) is 2.80. The Morgan fingerprint density at radius 1 is 1.56 bits per heavy atom. The Balaban J connectivity index is 2.80. The van der Waals surface area contributed by atoms with Crippen molar-refractivity contribution in [2.24, 2.45) is 0 Å². The van der Waals surface area contributed by atoms with E-state index in [1.54, 1.807) is 12.1 Å². The third kappa shape index (κ3) is 1.93. The fourth-order valence-corrected chi connectivity index (χ4v) is 1.75. The van der Waals surface area contributed by atoms with Crippen LogP contribution in [0.5, 0.6) is 0 Å². The van der Waals surface area contributed by atoms with Crippen LogP contribution in [0.2, 0.25) is 0 Å². The van der Waals surface area contributed by atoms with Crippen molar-refractivity contribution >= 4 is 33.9 Å². The number of anilines is 2. The van der Waals surface area contributed by atoms with Crippen LogP contribution in [0.1, 0.15) is 6.92 Å². The van der Waals surface area contributed by atoms with Crippen LogP contribution in [-0.4, -0.2) is 15.8 Å². The molecule has 1 aromatic heterocycles. The molecule has 1 aromatic carbocycles. The predicted molar refractivity (Wildman–Crippen MR) is 67.1 cm³/mol. The van der Waals surface area contributed by atoms with Gasteiger partial charge in [-0.3, -0.25) is 19.9 Å². The van der Waals surface area contributed by atoms with Crippen LogP contribution >= 0.6 is 0 Å². The Morgan fingerprint density at radius 3 is 2.89 bits per heavy atom. The molecule has 0 aliphatic carbocycles. The summed E-state index contributed by atoms with van der Waals surface area (Å²) >= 11 is 0. The second kappa shape index (κ2) is 4.28. The minimum atomic E-state index is -0.559. The topological polar surface area (TPSA) is 111 Å². The van der Waals surface area contributed by atoms with Gasteiger partial charge in [-0.2, -0.15) is 0 Å². The highest BCUT2D eigenvalue weighted by atomic mass is 16.6. The molecule has 7 heteroatoms. The first kappa shape index (κ1) is 11.8. The number of nitrogens with two attached hydrogens (primary N) is 1. The molecule has 92 valence electrons. The number of carbonyl (C=O) groups excluding carboxylic acids is 1. The molecular weight excluding hydrogens is 236 g/mol. The number of hydrogen-bond donors (Lipinski definition) is 2. The van der Waals surface area contributed by atoms with Gasteiger partial charge in [-0.1, -0.05) is 0 Å². The average molecular weight is 246 g/mol. The third-order valence-corrected chi connectivity index (χ3v) is 2.38. The molecule has 0 fully saturated rings. The SMILES string of the molecule is CC(=O)Nc1cc(N)c([N+](=O)[O-])c2cccnc12. The van der Waals surface area contributed by atoms with E-state index >= 15 is 0 Å². The molecule has 0 bridgehead atoms. The molecule has 7 nitrogen and oxygen atoms in total. The minimum Gasteiger partial charge on any atom is -0.393 e. The number of aromatic nitrogens is 1. The Bertz CT molecular complexity index is 654. The van der Waals surface area contributed by atoms with E-state index in [9.17, 15) is 14.9 Å². The van der Waals surface area contributed by atoms with E-state index in [4.69, 9.17) is 5.73 Å². The van der Waals surface area contributed by atoms with E-state index < -0.39 is 4.92 Å². The molecule has 1 amide bonds. The smallest absolute Gasteiger partial charge is 0.301 e. The van der Waals surface area contributed by atoms with Crippen LogP contribution in [0.25, 0.3) is 10.9 Å². The largest absolute Gasteiger partial charge is 0.393 e. The highest BCUT2D eigenvalue weighted by Crippen LogP contribution is 2.35. The quantitative estimate of drug-likeness (QED) is 0.475. The number of nitro groups is 1. The lowest BCUT2D eigenvalue weighted by molar-refractivity contribution is -0.382. The van der Waals surface area contributed by atoms with Gasteiger partial charge in [-0.15, -0.1) is 0 Å². The molecule has 18 heavy (non-hydrogen) atoms. The monoisotopic (exact) mass is 246 g/mol. The number of fused-ring (bicyclic) bond motifs is 1. The summed E-state index contributed by atoms with van der Waals surface area (Å²) in [6.07, 6.45) is 1.49. The van der Waals surface area contributed by atoms with Gasteiger partial charge in [0.2, 0.25) is 5.91 Å². The Labute approximate surface area is 102 Å². The lowest BCUT2D eigenvalue weighted by atomic mass is 10.1. The zero-order valence-corrected chi connectivity index (χ0v) is 9.51. The van der Waals surface area contributed by atoms with Crippen molar-refractivity contribution < 1.29 is 9.72 Å². The van der Waals surface area contributed by atoms with Gasteiger partial charge in [-0.25, -0.2) is 0 Å². The van der Waals surface area contributed by atoms with Gasteiger partial charge in [0.15, 0.2) is 0 Å². The summed E-state index contributed by atoms with van der Waals surface area (Å²) < 4.78 is 0. The normalized spacial score (nSPS) is 10.3. The molecule has 0 saturated carbocycles. The molecule has 0 radical (unpaired) electrons. The van der Waals surface area contributed by atoms with Gasteiger partial charge < -0.3 is 11.1 Å². The molecule has 3 N–H and O–H groups in total. The number of rotatable bonds is 2. The van der Waals surface area contributed by atoms with E-state index in [0.29, 0.717) is 16.6 Å². The van der Waals surface area contributed by atoms with Crippen molar-refractivity contribution in [1.82, 2.24) is 4.98 Å². The van der Waals surface area contributed by atoms with Gasteiger partial charge >= 0.3 is 5.69 Å². The zero-order chi connectivity index (χ0) is 13.3. The first-order chi connectivity index (χ1) is 8.50. The van der Waals surface area contributed by atoms with Crippen LogP contribution in [-0.2, 0) is 4.79 Å². The molecule has 2 aromatic rings. The number of nitrogen functional groups attached to an aromatic ring is 1.